The number of aromatic nitrogens is 6. The van der Waals surface area contributed by atoms with Gasteiger partial charge < -0.3 is 0 Å². The lowest BCUT2D eigenvalue weighted by Crippen LogP contribution is -2.00. The summed E-state index contributed by atoms with van der Waals surface area (Å²) in [7, 11) is 0. The Labute approximate surface area is 254 Å². The van der Waals surface area contributed by atoms with Crippen LogP contribution in [0.4, 0.5) is 0 Å². The highest BCUT2D eigenvalue weighted by atomic mass is 15.2. The van der Waals surface area contributed by atoms with E-state index in [9.17, 15) is 0 Å². The van der Waals surface area contributed by atoms with Gasteiger partial charge in [0.2, 0.25) is 11.6 Å². The molecule has 6 heteroatoms. The lowest BCUT2D eigenvalue weighted by molar-refractivity contribution is 0.927. The van der Waals surface area contributed by atoms with Crippen LogP contribution in [0.5, 0.6) is 0 Å². The van der Waals surface area contributed by atoms with E-state index in [0.29, 0.717) is 0 Å². The first-order chi connectivity index (χ1) is 21.8. The molecule has 0 aliphatic rings. The van der Waals surface area contributed by atoms with Crippen molar-refractivity contribution in [2.75, 3.05) is 0 Å². The van der Waals surface area contributed by atoms with E-state index in [1.807, 2.05) is 0 Å². The summed E-state index contributed by atoms with van der Waals surface area (Å²) in [6.07, 6.45) is 4.21. The summed E-state index contributed by atoms with van der Waals surface area (Å²) in [4.78, 5) is 10.6. The first-order valence-electron chi connectivity index (χ1n) is 15.7. The number of hydrogen-bond acceptors (Lipinski definition) is 2. The molecule has 44 heavy (non-hydrogen) atoms. The number of imidazole rings is 4. The van der Waals surface area contributed by atoms with Crippen molar-refractivity contribution < 1.29 is 0 Å². The van der Waals surface area contributed by atoms with Crippen molar-refractivity contribution in [2.45, 2.75) is 39.5 Å². The third-order valence-electron chi connectivity index (χ3n) is 9.01. The fourth-order valence-corrected chi connectivity index (χ4v) is 7.19. The number of rotatable bonds is 6. The van der Waals surface area contributed by atoms with Crippen LogP contribution < -0.4 is 0 Å². The van der Waals surface area contributed by atoms with Crippen molar-refractivity contribution in [1.82, 2.24) is 27.9 Å². The maximum atomic E-state index is 5.30. The van der Waals surface area contributed by atoms with Crippen molar-refractivity contribution in [1.29, 1.82) is 0 Å². The number of para-hydroxylation sites is 6. The third-order valence-corrected chi connectivity index (χ3v) is 9.01. The van der Waals surface area contributed by atoms with Gasteiger partial charge in [0.15, 0.2) is 0 Å². The minimum Gasteiger partial charge on any atom is -0.278 e. The summed E-state index contributed by atoms with van der Waals surface area (Å²) in [5.41, 5.74) is 13.8. The van der Waals surface area contributed by atoms with Crippen molar-refractivity contribution in [3.63, 3.8) is 0 Å². The van der Waals surface area contributed by atoms with E-state index < -0.39 is 0 Å². The lowest BCUT2D eigenvalue weighted by atomic mass is 10.1. The smallest absolute Gasteiger partial charge is 0.220 e. The molecule has 0 saturated carbocycles. The first kappa shape index (κ1) is 25.2. The van der Waals surface area contributed by atoms with Gasteiger partial charge in [-0.25, -0.2) is 9.97 Å². The standard InChI is InChI=1S/C38H32N6/c1-3-12-25-14-9-22-33-35(25)39-37-41(29-18-5-7-20-31(29)43(33)37)27-16-11-17-28(24-27)42-30-19-6-8-21-32(30)44-34-23-10-15-26(13-4-2)36(34)40-38(42)44/h5-11,14-24H,3-4,12-13H2,1-2H3. The predicted octanol–water partition coefficient (Wildman–Crippen LogP) is 9.08. The molecule has 0 aliphatic heterocycles. The van der Waals surface area contributed by atoms with Gasteiger partial charge in [0.25, 0.3) is 0 Å². The normalized spacial score (nSPS) is 12.2. The van der Waals surface area contributed by atoms with Crippen LogP contribution in [0, 0.1) is 0 Å². The minimum atomic E-state index is 0.931. The number of benzene rings is 5. The van der Waals surface area contributed by atoms with Crippen molar-refractivity contribution >= 4 is 55.7 Å². The molecular weight excluding hydrogens is 540 g/mol. The number of hydrogen-bond donors (Lipinski definition) is 0. The molecule has 0 N–H and O–H groups in total. The summed E-state index contributed by atoms with van der Waals surface area (Å²) in [6.45, 7) is 4.45. The van der Waals surface area contributed by atoms with Gasteiger partial charge in [-0.1, -0.05) is 81.3 Å². The summed E-state index contributed by atoms with van der Waals surface area (Å²) < 4.78 is 9.24. The predicted molar refractivity (Wildman–Crippen MR) is 181 cm³/mol. The van der Waals surface area contributed by atoms with Crippen LogP contribution in [0.1, 0.15) is 37.8 Å². The molecule has 9 aromatic rings. The van der Waals surface area contributed by atoms with Crippen LogP contribution in [0.2, 0.25) is 0 Å². The van der Waals surface area contributed by atoms with Gasteiger partial charge in [0.05, 0.1) is 55.5 Å². The van der Waals surface area contributed by atoms with Gasteiger partial charge in [0, 0.05) is 0 Å². The molecule has 4 heterocycles. The largest absolute Gasteiger partial charge is 0.278 e. The molecule has 0 bridgehead atoms. The molecule has 0 spiro atoms. The zero-order chi connectivity index (χ0) is 29.4. The number of nitrogens with zero attached hydrogens (tertiary/aromatic N) is 6. The Hall–Kier alpha value is -5.36. The molecule has 0 radical (unpaired) electrons. The van der Waals surface area contributed by atoms with Crippen molar-refractivity contribution in [3.05, 3.63) is 120 Å². The average molecular weight is 573 g/mol. The van der Waals surface area contributed by atoms with E-state index >= 15 is 0 Å². The fourth-order valence-electron chi connectivity index (χ4n) is 7.19. The number of aryl methyl sites for hydroxylation is 2. The molecule has 5 aromatic carbocycles. The maximum absolute atomic E-state index is 5.30. The van der Waals surface area contributed by atoms with Crippen LogP contribution in [0.15, 0.2) is 109 Å². The van der Waals surface area contributed by atoms with E-state index in [4.69, 9.17) is 9.97 Å². The Morgan fingerprint density at radius 3 is 1.32 bits per heavy atom. The second kappa shape index (κ2) is 9.58. The molecule has 0 amide bonds. The summed E-state index contributed by atoms with van der Waals surface area (Å²) in [6, 6.07) is 39.2. The van der Waals surface area contributed by atoms with E-state index in [1.54, 1.807) is 0 Å². The van der Waals surface area contributed by atoms with Gasteiger partial charge in [-0.05, 0) is 78.6 Å². The lowest BCUT2D eigenvalue weighted by Gasteiger charge is -2.10. The second-order valence-corrected chi connectivity index (χ2v) is 11.7. The monoisotopic (exact) mass is 572 g/mol. The molecule has 0 atom stereocenters. The van der Waals surface area contributed by atoms with Gasteiger partial charge in [-0.15, -0.1) is 0 Å². The molecule has 9 rings (SSSR count). The van der Waals surface area contributed by atoms with Crippen LogP contribution in [-0.4, -0.2) is 27.9 Å². The molecule has 6 nitrogen and oxygen atoms in total. The Kier molecular flexibility index (Phi) is 5.48. The Balaban J connectivity index is 1.33. The highest BCUT2D eigenvalue weighted by Gasteiger charge is 2.21. The molecular formula is C38H32N6. The van der Waals surface area contributed by atoms with Crippen molar-refractivity contribution in [3.8, 4) is 11.4 Å². The molecule has 0 unspecified atom stereocenters. The highest BCUT2D eigenvalue weighted by molar-refractivity contribution is 5.95. The van der Waals surface area contributed by atoms with Crippen LogP contribution >= 0.6 is 0 Å². The Morgan fingerprint density at radius 2 is 0.864 bits per heavy atom. The highest BCUT2D eigenvalue weighted by Crippen LogP contribution is 2.34. The van der Waals surface area contributed by atoms with Crippen LogP contribution in [-0.2, 0) is 12.8 Å². The van der Waals surface area contributed by atoms with Crippen molar-refractivity contribution in [2.24, 2.45) is 0 Å². The quantitative estimate of drug-likeness (QED) is 0.199. The summed E-state index contributed by atoms with van der Waals surface area (Å²) in [5, 5.41) is 0. The SMILES string of the molecule is CCCc1cccc2c1nc1n(-c3cccc(-n4c5ccccc5n5c6cccc(CCC)c6nc45)c3)c3ccccc3n21. The maximum Gasteiger partial charge on any atom is 0.220 e. The Morgan fingerprint density at radius 1 is 0.455 bits per heavy atom. The van der Waals surface area contributed by atoms with Gasteiger partial charge >= 0.3 is 0 Å². The second-order valence-electron chi connectivity index (χ2n) is 11.7. The average Bonchev–Trinajstić information content (AvgIpc) is 3.78. The summed E-state index contributed by atoms with van der Waals surface area (Å²) in [5.74, 6) is 1.86. The topological polar surface area (TPSA) is 44.5 Å². The Bertz CT molecular complexity index is 2360. The fraction of sp³-hybridized carbons (Fsp3) is 0.158. The van der Waals surface area contributed by atoms with Gasteiger partial charge in [0.1, 0.15) is 0 Å². The van der Waals surface area contributed by atoms with E-state index in [2.05, 4.69) is 141 Å². The zero-order valence-electron chi connectivity index (χ0n) is 24.9. The van der Waals surface area contributed by atoms with E-state index in [1.165, 1.54) is 11.1 Å². The zero-order valence-corrected chi connectivity index (χ0v) is 24.9. The van der Waals surface area contributed by atoms with E-state index in [0.717, 1.165) is 92.7 Å². The minimum absolute atomic E-state index is 0.931. The first-order valence-corrected chi connectivity index (χ1v) is 15.7. The van der Waals surface area contributed by atoms with E-state index in [-0.39, 0.29) is 0 Å². The van der Waals surface area contributed by atoms with Crippen LogP contribution in [0.25, 0.3) is 67.1 Å². The molecule has 0 saturated heterocycles. The molecule has 0 fully saturated rings. The molecule has 214 valence electrons. The van der Waals surface area contributed by atoms with Gasteiger partial charge in [-0.2, -0.15) is 0 Å². The third kappa shape index (κ3) is 3.42. The van der Waals surface area contributed by atoms with Crippen LogP contribution in [0.3, 0.4) is 0 Å². The van der Waals surface area contributed by atoms with Gasteiger partial charge in [-0.3, -0.25) is 17.9 Å². The molecule has 0 aliphatic carbocycles. The summed E-state index contributed by atoms with van der Waals surface area (Å²) >= 11 is 0. The molecule has 4 aromatic heterocycles. The number of fused-ring (bicyclic) bond motifs is 10.